The number of hydrogen-bond acceptors (Lipinski definition) is 4. The highest BCUT2D eigenvalue weighted by molar-refractivity contribution is 6.00. The molecule has 1 aliphatic heterocycles. The normalized spacial score (nSPS) is 13.8. The number of piperidine rings is 1. The van der Waals surface area contributed by atoms with Gasteiger partial charge in [0, 0.05) is 65.8 Å². The molecule has 206 valence electrons. The fourth-order valence-electron chi connectivity index (χ4n) is 5.50. The van der Waals surface area contributed by atoms with Gasteiger partial charge in [-0.25, -0.2) is 0 Å². The van der Waals surface area contributed by atoms with Crippen molar-refractivity contribution >= 4 is 39.5 Å². The second-order valence-electron chi connectivity index (χ2n) is 11.2. The molecule has 1 aromatic heterocycles. The molecule has 1 fully saturated rings. The molecule has 0 radical (unpaired) electrons. The molecule has 2 N–H and O–H groups in total. The molecular formula is C36H35N3O2. The summed E-state index contributed by atoms with van der Waals surface area (Å²) in [5.41, 5.74) is 7.50. The monoisotopic (exact) mass is 541 g/mol. The van der Waals surface area contributed by atoms with Crippen LogP contribution in [0.3, 0.4) is 0 Å². The summed E-state index contributed by atoms with van der Waals surface area (Å²) < 4.78 is 0. The van der Waals surface area contributed by atoms with E-state index in [1.54, 1.807) is 0 Å². The van der Waals surface area contributed by atoms with Gasteiger partial charge in [0.1, 0.15) is 0 Å². The van der Waals surface area contributed by atoms with Crippen LogP contribution in [0.25, 0.3) is 10.9 Å². The van der Waals surface area contributed by atoms with Crippen LogP contribution >= 0.6 is 0 Å². The average molecular weight is 542 g/mol. The SMILES string of the molecule is CC1CCN(c2ccc(C(=O)Cc3ccc(Nc4ccc(CC(=O)c5ccc6cc[nH]c6c5)cc4)cc3)cc2)CC1. The topological polar surface area (TPSA) is 65.2 Å². The first-order valence-corrected chi connectivity index (χ1v) is 14.4. The predicted octanol–water partition coefficient (Wildman–Crippen LogP) is 8.00. The van der Waals surface area contributed by atoms with Gasteiger partial charge in [-0.3, -0.25) is 9.59 Å². The fourth-order valence-corrected chi connectivity index (χ4v) is 5.50. The number of aromatic amines is 1. The lowest BCUT2D eigenvalue weighted by molar-refractivity contribution is 0.0985. The molecule has 0 unspecified atom stereocenters. The lowest BCUT2D eigenvalue weighted by Gasteiger charge is -2.32. The van der Waals surface area contributed by atoms with E-state index in [1.807, 2.05) is 91.1 Å². The summed E-state index contributed by atoms with van der Waals surface area (Å²) in [5.74, 6) is 1.02. The summed E-state index contributed by atoms with van der Waals surface area (Å²) in [7, 11) is 0. The summed E-state index contributed by atoms with van der Waals surface area (Å²) >= 11 is 0. The highest BCUT2D eigenvalue weighted by Gasteiger charge is 2.16. The van der Waals surface area contributed by atoms with Crippen molar-refractivity contribution in [2.75, 3.05) is 23.3 Å². The van der Waals surface area contributed by atoms with Crippen LogP contribution in [0.15, 0.2) is 103 Å². The summed E-state index contributed by atoms with van der Waals surface area (Å²) in [6.07, 6.45) is 5.07. The van der Waals surface area contributed by atoms with Crippen LogP contribution in [-0.2, 0) is 12.8 Å². The number of hydrogen-bond donors (Lipinski definition) is 2. The number of benzene rings is 4. The highest BCUT2D eigenvalue weighted by atomic mass is 16.1. The molecule has 5 heteroatoms. The maximum atomic E-state index is 12.9. The van der Waals surface area contributed by atoms with E-state index in [2.05, 4.69) is 34.3 Å². The Kier molecular flexibility index (Phi) is 7.68. The van der Waals surface area contributed by atoms with Gasteiger partial charge in [0.05, 0.1) is 0 Å². The Bertz CT molecular complexity index is 1640. The van der Waals surface area contributed by atoms with Gasteiger partial charge in [-0.2, -0.15) is 0 Å². The Morgan fingerprint density at radius 3 is 1.90 bits per heavy atom. The number of rotatable bonds is 9. The van der Waals surface area contributed by atoms with Crippen LogP contribution in [0, 0.1) is 5.92 Å². The van der Waals surface area contributed by atoms with Crippen molar-refractivity contribution in [2.45, 2.75) is 32.6 Å². The van der Waals surface area contributed by atoms with Gasteiger partial charge in [0.25, 0.3) is 0 Å². The zero-order valence-electron chi connectivity index (χ0n) is 23.4. The van der Waals surface area contributed by atoms with Gasteiger partial charge in [0.2, 0.25) is 0 Å². The smallest absolute Gasteiger partial charge is 0.167 e. The Morgan fingerprint density at radius 2 is 1.29 bits per heavy atom. The molecule has 0 amide bonds. The van der Waals surface area contributed by atoms with Gasteiger partial charge < -0.3 is 15.2 Å². The molecule has 0 saturated carbocycles. The van der Waals surface area contributed by atoms with E-state index in [1.165, 1.54) is 18.5 Å². The first kappa shape index (κ1) is 26.6. The first-order chi connectivity index (χ1) is 20.0. The van der Waals surface area contributed by atoms with Gasteiger partial charge in [-0.15, -0.1) is 0 Å². The second-order valence-corrected chi connectivity index (χ2v) is 11.2. The molecule has 1 aliphatic rings. The number of Topliss-reactive ketones (excluding diaryl/α,β-unsaturated/α-hetero) is 2. The maximum absolute atomic E-state index is 12.9. The second kappa shape index (κ2) is 11.8. The number of carbonyl (C=O) groups excluding carboxylic acids is 2. The van der Waals surface area contributed by atoms with Crippen LogP contribution in [0.2, 0.25) is 0 Å². The molecule has 4 aromatic carbocycles. The predicted molar refractivity (Wildman–Crippen MR) is 168 cm³/mol. The van der Waals surface area contributed by atoms with Crippen molar-refractivity contribution in [2.24, 2.45) is 5.92 Å². The van der Waals surface area contributed by atoms with E-state index in [0.29, 0.717) is 18.4 Å². The molecule has 0 bridgehead atoms. The van der Waals surface area contributed by atoms with Crippen molar-refractivity contribution in [1.82, 2.24) is 4.98 Å². The Hall–Kier alpha value is -4.64. The van der Waals surface area contributed by atoms with Crippen molar-refractivity contribution in [3.8, 4) is 0 Å². The lowest BCUT2D eigenvalue weighted by Crippen LogP contribution is -2.32. The Morgan fingerprint density at radius 1 is 0.732 bits per heavy atom. The zero-order chi connectivity index (χ0) is 28.2. The number of H-pyrrole nitrogens is 1. The van der Waals surface area contributed by atoms with E-state index < -0.39 is 0 Å². The van der Waals surface area contributed by atoms with Gasteiger partial charge in [-0.05, 0) is 95.9 Å². The quantitative estimate of drug-likeness (QED) is 0.186. The van der Waals surface area contributed by atoms with Crippen LogP contribution in [0.4, 0.5) is 17.1 Å². The third kappa shape index (κ3) is 6.41. The molecule has 0 spiro atoms. The zero-order valence-corrected chi connectivity index (χ0v) is 23.4. The average Bonchev–Trinajstić information content (AvgIpc) is 3.48. The Balaban J connectivity index is 1.01. The van der Waals surface area contributed by atoms with E-state index >= 15 is 0 Å². The van der Waals surface area contributed by atoms with E-state index in [9.17, 15) is 9.59 Å². The molecule has 5 aromatic rings. The first-order valence-electron chi connectivity index (χ1n) is 14.4. The lowest BCUT2D eigenvalue weighted by atomic mass is 9.98. The Labute approximate surface area is 241 Å². The van der Waals surface area contributed by atoms with Crippen molar-refractivity contribution in [1.29, 1.82) is 0 Å². The van der Waals surface area contributed by atoms with E-state index in [-0.39, 0.29) is 11.6 Å². The number of nitrogens with one attached hydrogen (secondary N) is 2. The van der Waals surface area contributed by atoms with Crippen molar-refractivity contribution in [3.63, 3.8) is 0 Å². The summed E-state index contributed by atoms with van der Waals surface area (Å²) in [6, 6.07) is 31.8. The largest absolute Gasteiger partial charge is 0.372 e. The van der Waals surface area contributed by atoms with Crippen LogP contribution < -0.4 is 10.2 Å². The van der Waals surface area contributed by atoms with Crippen LogP contribution in [0.5, 0.6) is 0 Å². The molecule has 6 rings (SSSR count). The van der Waals surface area contributed by atoms with Gasteiger partial charge >= 0.3 is 0 Å². The van der Waals surface area contributed by atoms with E-state index in [4.69, 9.17) is 0 Å². The van der Waals surface area contributed by atoms with Gasteiger partial charge in [0.15, 0.2) is 11.6 Å². The maximum Gasteiger partial charge on any atom is 0.167 e. The number of carbonyl (C=O) groups is 2. The number of nitrogens with zero attached hydrogens (tertiary/aromatic N) is 1. The van der Waals surface area contributed by atoms with E-state index in [0.717, 1.165) is 58.0 Å². The van der Waals surface area contributed by atoms with Crippen LogP contribution in [0.1, 0.15) is 51.6 Å². The molecule has 41 heavy (non-hydrogen) atoms. The number of anilines is 3. The minimum Gasteiger partial charge on any atom is -0.372 e. The number of aromatic nitrogens is 1. The fraction of sp³-hybridized carbons (Fsp3) is 0.222. The highest BCUT2D eigenvalue weighted by Crippen LogP contribution is 2.24. The molecular weight excluding hydrogens is 506 g/mol. The molecule has 2 heterocycles. The third-order valence-corrected chi connectivity index (χ3v) is 8.14. The minimum absolute atomic E-state index is 0.0972. The number of fused-ring (bicyclic) bond motifs is 1. The summed E-state index contributed by atoms with van der Waals surface area (Å²) in [6.45, 7) is 4.49. The third-order valence-electron chi connectivity index (χ3n) is 8.14. The van der Waals surface area contributed by atoms with Gasteiger partial charge in [-0.1, -0.05) is 43.3 Å². The van der Waals surface area contributed by atoms with Crippen molar-refractivity contribution in [3.05, 3.63) is 126 Å². The molecule has 0 aliphatic carbocycles. The minimum atomic E-state index is 0.0972. The van der Waals surface area contributed by atoms with Crippen molar-refractivity contribution < 1.29 is 9.59 Å². The molecule has 1 saturated heterocycles. The summed E-state index contributed by atoms with van der Waals surface area (Å²) in [5, 5.41) is 4.51. The molecule has 0 atom stereocenters. The van der Waals surface area contributed by atoms with Crippen LogP contribution in [-0.4, -0.2) is 29.6 Å². The molecule has 5 nitrogen and oxygen atoms in total. The summed E-state index contributed by atoms with van der Waals surface area (Å²) in [4.78, 5) is 31.3. The number of ketones is 2. The standard InChI is InChI=1S/C36H35N3O2/c1-25-17-20-39(21-18-25)33-14-8-29(9-15-33)35(40)22-26-2-10-31(11-3-26)38-32-12-4-27(5-13-32)23-36(41)30-7-6-28-16-19-37-34(28)24-30/h2-16,19,24-25,37-38H,17-18,20-23H2,1H3.